The predicted octanol–water partition coefficient (Wildman–Crippen LogP) is 2.27. The van der Waals surface area contributed by atoms with Crippen molar-refractivity contribution in [2.45, 2.75) is 52.0 Å². The molecule has 0 unspecified atom stereocenters. The molecule has 5 heteroatoms. The van der Waals surface area contributed by atoms with Crippen molar-refractivity contribution in [3.63, 3.8) is 0 Å². The van der Waals surface area contributed by atoms with Crippen LogP contribution < -0.4 is 5.56 Å². The summed E-state index contributed by atoms with van der Waals surface area (Å²) in [7, 11) is 0. The van der Waals surface area contributed by atoms with Gasteiger partial charge in [0.2, 0.25) is 0 Å². The van der Waals surface area contributed by atoms with Crippen LogP contribution in [0.15, 0.2) is 16.9 Å². The fraction of sp³-hybridized carbons (Fsp3) is 0.533. The molecule has 0 fully saturated rings. The number of hydrogen-bond acceptors (Lipinski definition) is 3. The van der Waals surface area contributed by atoms with E-state index in [1.54, 1.807) is 16.7 Å². The third-order valence-corrected chi connectivity index (χ3v) is 3.09. The van der Waals surface area contributed by atoms with Crippen LogP contribution in [0.3, 0.4) is 0 Å². The number of aromatic nitrogens is 1. The first-order chi connectivity index (χ1) is 9.27. The lowest BCUT2D eigenvalue weighted by molar-refractivity contribution is -0.137. The monoisotopic (exact) mass is 276 g/mol. The highest BCUT2D eigenvalue weighted by molar-refractivity contribution is 5.66. The molecule has 0 radical (unpaired) electrons. The molecule has 108 valence electrons. The minimum absolute atomic E-state index is 0.0948. The van der Waals surface area contributed by atoms with Crippen LogP contribution in [-0.4, -0.2) is 15.6 Å². The predicted molar refractivity (Wildman–Crippen MR) is 75.6 cm³/mol. The molecule has 0 saturated carbocycles. The first kappa shape index (κ1) is 16.0. The fourth-order valence-electron chi connectivity index (χ4n) is 2.09. The van der Waals surface area contributed by atoms with Gasteiger partial charge in [-0.05, 0) is 25.0 Å². The lowest BCUT2D eigenvalue weighted by atomic mass is 9.90. The number of aliphatic carboxylic acids is 1. The van der Waals surface area contributed by atoms with E-state index < -0.39 is 5.97 Å². The Kier molecular flexibility index (Phi) is 5.09. The van der Waals surface area contributed by atoms with Gasteiger partial charge in [0.1, 0.15) is 11.6 Å². The minimum atomic E-state index is -0.834. The fourth-order valence-corrected chi connectivity index (χ4v) is 2.09. The molecular weight excluding hydrogens is 256 g/mol. The van der Waals surface area contributed by atoms with Crippen molar-refractivity contribution in [2.75, 3.05) is 0 Å². The summed E-state index contributed by atoms with van der Waals surface area (Å²) >= 11 is 0. The van der Waals surface area contributed by atoms with Gasteiger partial charge in [-0.2, -0.15) is 5.26 Å². The maximum Gasteiger partial charge on any atom is 0.303 e. The van der Waals surface area contributed by atoms with Crippen LogP contribution in [-0.2, 0) is 16.8 Å². The Morgan fingerprint density at radius 3 is 2.50 bits per heavy atom. The van der Waals surface area contributed by atoms with Crippen LogP contribution in [0.25, 0.3) is 0 Å². The summed E-state index contributed by atoms with van der Waals surface area (Å²) in [6.07, 6.45) is 1.21. The molecule has 1 aromatic heterocycles. The molecule has 0 saturated heterocycles. The number of carboxylic acid groups (broad SMARTS) is 1. The standard InChI is InChI=1S/C15H20N2O3/c1-15(2,3)12-8-7-11(10-16)14(20)17(12)9-5-4-6-13(18)19/h7-8H,4-6,9H2,1-3H3,(H,18,19). The molecule has 0 aliphatic carbocycles. The first-order valence-electron chi connectivity index (χ1n) is 6.63. The van der Waals surface area contributed by atoms with E-state index in [4.69, 9.17) is 10.4 Å². The summed E-state index contributed by atoms with van der Waals surface area (Å²) in [5, 5.41) is 17.6. The molecule has 1 heterocycles. The van der Waals surface area contributed by atoms with Gasteiger partial charge < -0.3 is 9.67 Å². The number of carboxylic acids is 1. The van der Waals surface area contributed by atoms with E-state index in [0.29, 0.717) is 19.4 Å². The van der Waals surface area contributed by atoms with Gasteiger partial charge in [0.15, 0.2) is 0 Å². The van der Waals surface area contributed by atoms with E-state index in [1.807, 2.05) is 26.8 Å². The minimum Gasteiger partial charge on any atom is -0.481 e. The third kappa shape index (κ3) is 3.95. The molecule has 0 aliphatic heterocycles. The average Bonchev–Trinajstić information content (AvgIpc) is 2.34. The van der Waals surface area contributed by atoms with Gasteiger partial charge >= 0.3 is 5.97 Å². The summed E-state index contributed by atoms with van der Waals surface area (Å²) in [6, 6.07) is 5.25. The molecule has 0 amide bonds. The topological polar surface area (TPSA) is 83.1 Å². The Bertz CT molecular complexity index is 589. The molecule has 20 heavy (non-hydrogen) atoms. The van der Waals surface area contributed by atoms with Crippen LogP contribution in [0, 0.1) is 11.3 Å². The van der Waals surface area contributed by atoms with E-state index in [9.17, 15) is 9.59 Å². The van der Waals surface area contributed by atoms with Crippen LogP contribution in [0.4, 0.5) is 0 Å². The summed E-state index contributed by atoms with van der Waals surface area (Å²) < 4.78 is 1.60. The summed E-state index contributed by atoms with van der Waals surface area (Å²) in [5.74, 6) is -0.834. The van der Waals surface area contributed by atoms with E-state index in [1.165, 1.54) is 0 Å². The zero-order valence-corrected chi connectivity index (χ0v) is 12.1. The number of nitriles is 1. The molecule has 0 aliphatic rings. The molecule has 5 nitrogen and oxygen atoms in total. The zero-order valence-electron chi connectivity index (χ0n) is 12.1. The van der Waals surface area contributed by atoms with Crippen LogP contribution in [0.2, 0.25) is 0 Å². The van der Waals surface area contributed by atoms with Crippen molar-refractivity contribution >= 4 is 5.97 Å². The Labute approximate surface area is 118 Å². The smallest absolute Gasteiger partial charge is 0.303 e. The maximum absolute atomic E-state index is 12.2. The molecule has 1 aromatic rings. The second-order valence-electron chi connectivity index (χ2n) is 5.80. The Morgan fingerprint density at radius 2 is 2.00 bits per heavy atom. The van der Waals surface area contributed by atoms with Crippen molar-refractivity contribution in [3.05, 3.63) is 33.7 Å². The quantitative estimate of drug-likeness (QED) is 0.836. The number of carbonyl (C=O) groups is 1. The van der Waals surface area contributed by atoms with Gasteiger partial charge in [-0.3, -0.25) is 9.59 Å². The zero-order chi connectivity index (χ0) is 15.3. The second kappa shape index (κ2) is 6.38. The van der Waals surface area contributed by atoms with Gasteiger partial charge in [0.05, 0.1) is 0 Å². The highest BCUT2D eigenvalue weighted by Gasteiger charge is 2.20. The van der Waals surface area contributed by atoms with E-state index in [-0.39, 0.29) is 23.0 Å². The molecular formula is C15H20N2O3. The van der Waals surface area contributed by atoms with Crippen molar-refractivity contribution in [3.8, 4) is 6.07 Å². The maximum atomic E-state index is 12.2. The van der Waals surface area contributed by atoms with Crippen molar-refractivity contribution in [2.24, 2.45) is 0 Å². The molecule has 0 spiro atoms. The molecule has 0 atom stereocenters. The first-order valence-corrected chi connectivity index (χ1v) is 6.63. The largest absolute Gasteiger partial charge is 0.481 e. The highest BCUT2D eigenvalue weighted by atomic mass is 16.4. The Balaban J connectivity index is 3.05. The van der Waals surface area contributed by atoms with Gasteiger partial charge in [0, 0.05) is 24.1 Å². The van der Waals surface area contributed by atoms with E-state index in [0.717, 1.165) is 5.69 Å². The Morgan fingerprint density at radius 1 is 1.35 bits per heavy atom. The van der Waals surface area contributed by atoms with E-state index >= 15 is 0 Å². The van der Waals surface area contributed by atoms with Gasteiger partial charge in [0.25, 0.3) is 5.56 Å². The average molecular weight is 276 g/mol. The Hall–Kier alpha value is -2.09. The summed E-state index contributed by atoms with van der Waals surface area (Å²) in [6.45, 7) is 6.44. The van der Waals surface area contributed by atoms with Gasteiger partial charge in [-0.1, -0.05) is 20.8 Å². The highest BCUT2D eigenvalue weighted by Crippen LogP contribution is 2.21. The summed E-state index contributed by atoms with van der Waals surface area (Å²) in [4.78, 5) is 22.7. The number of pyridine rings is 1. The van der Waals surface area contributed by atoms with Crippen molar-refractivity contribution in [1.82, 2.24) is 4.57 Å². The van der Waals surface area contributed by atoms with Crippen LogP contribution >= 0.6 is 0 Å². The van der Waals surface area contributed by atoms with Gasteiger partial charge in [-0.25, -0.2) is 0 Å². The number of unbranched alkanes of at least 4 members (excludes halogenated alkanes) is 1. The van der Waals surface area contributed by atoms with E-state index in [2.05, 4.69) is 0 Å². The lowest BCUT2D eigenvalue weighted by Crippen LogP contribution is -2.31. The number of hydrogen-bond donors (Lipinski definition) is 1. The third-order valence-electron chi connectivity index (χ3n) is 3.09. The molecule has 0 bridgehead atoms. The van der Waals surface area contributed by atoms with Crippen LogP contribution in [0.5, 0.6) is 0 Å². The number of nitrogens with zero attached hydrogens (tertiary/aromatic N) is 2. The van der Waals surface area contributed by atoms with Crippen molar-refractivity contribution in [1.29, 1.82) is 5.26 Å². The number of rotatable bonds is 5. The molecule has 0 aromatic carbocycles. The second-order valence-corrected chi connectivity index (χ2v) is 5.80. The normalized spacial score (nSPS) is 11.1. The molecule has 1 N–H and O–H groups in total. The lowest BCUT2D eigenvalue weighted by Gasteiger charge is -2.24. The SMILES string of the molecule is CC(C)(C)c1ccc(C#N)c(=O)n1CCCCC(=O)O. The van der Waals surface area contributed by atoms with Crippen LogP contribution in [0.1, 0.15) is 51.3 Å². The molecule has 1 rings (SSSR count). The summed E-state index contributed by atoms with van der Waals surface area (Å²) in [5.41, 5.74) is 0.475. The van der Waals surface area contributed by atoms with Crippen molar-refractivity contribution < 1.29 is 9.90 Å². The van der Waals surface area contributed by atoms with Gasteiger partial charge in [-0.15, -0.1) is 0 Å².